The van der Waals surface area contributed by atoms with Gasteiger partial charge in [-0.1, -0.05) is 13.8 Å². The fraction of sp³-hybridized carbons (Fsp3) is 0.909. The Morgan fingerprint density at radius 3 is 2.73 bits per heavy atom. The van der Waals surface area contributed by atoms with Gasteiger partial charge in [0, 0.05) is 0 Å². The van der Waals surface area contributed by atoms with Crippen molar-refractivity contribution in [1.29, 1.82) is 0 Å². The second kappa shape index (κ2) is 2.99. The van der Waals surface area contributed by atoms with Crippen LogP contribution in [0, 0.1) is 23.7 Å². The zero-order valence-corrected chi connectivity index (χ0v) is 10.1. The van der Waals surface area contributed by atoms with E-state index in [1.807, 2.05) is 0 Å². The molecule has 0 spiro atoms. The lowest BCUT2D eigenvalue weighted by atomic mass is 9.62. The summed E-state index contributed by atoms with van der Waals surface area (Å²) in [6, 6.07) is 0. The quantitative estimate of drug-likeness (QED) is 0.637. The number of hydrogen-bond donors (Lipinski definition) is 1. The molecule has 4 heteroatoms. The Bertz CT molecular complexity index is 411. The minimum absolute atomic E-state index is 0.126. The second-order valence-corrected chi connectivity index (χ2v) is 7.30. The van der Waals surface area contributed by atoms with Gasteiger partial charge in [0.2, 0.25) is 0 Å². The molecule has 1 aliphatic heterocycles. The summed E-state index contributed by atoms with van der Waals surface area (Å²) in [6.45, 7) is 4.58. The summed E-state index contributed by atoms with van der Waals surface area (Å²) in [6.07, 6.45) is 3.67. The second-order valence-electron chi connectivity index (χ2n) is 5.55. The van der Waals surface area contributed by atoms with Gasteiger partial charge < -0.3 is 0 Å². The van der Waals surface area contributed by atoms with Gasteiger partial charge in [0.05, 0.1) is 4.86 Å². The number of fused-ring (bicyclic) bond motifs is 4. The molecule has 0 aromatic heterocycles. The van der Waals surface area contributed by atoms with Gasteiger partial charge in [0.25, 0.3) is 0 Å². The van der Waals surface area contributed by atoms with E-state index >= 15 is 0 Å². The van der Waals surface area contributed by atoms with Crippen molar-refractivity contribution in [3.05, 3.63) is 0 Å². The molecule has 2 aliphatic carbocycles. The van der Waals surface area contributed by atoms with Crippen molar-refractivity contribution in [3.63, 3.8) is 0 Å². The SMILES string of the molecule is CC1CC2CC(C3=S(N)(=O)O[C@H]3C2)[C@@H]1C. The first-order valence-corrected chi connectivity index (χ1v) is 7.40. The summed E-state index contributed by atoms with van der Waals surface area (Å²) < 4.78 is 17.2. The molecule has 3 rings (SSSR count). The van der Waals surface area contributed by atoms with Crippen LogP contribution in [0.3, 0.4) is 0 Å². The molecule has 2 saturated carbocycles. The van der Waals surface area contributed by atoms with E-state index in [1.54, 1.807) is 0 Å². The highest BCUT2D eigenvalue weighted by Gasteiger charge is 2.50. The molecule has 2 fully saturated rings. The lowest BCUT2D eigenvalue weighted by Crippen LogP contribution is -2.58. The Balaban J connectivity index is 2.03. The van der Waals surface area contributed by atoms with E-state index in [0.29, 0.717) is 11.8 Å². The molecule has 3 aliphatic rings. The van der Waals surface area contributed by atoms with Crippen molar-refractivity contribution in [2.24, 2.45) is 28.8 Å². The smallest absolute Gasteiger partial charge is 0.147 e. The van der Waals surface area contributed by atoms with Gasteiger partial charge in [0.15, 0.2) is 0 Å². The van der Waals surface area contributed by atoms with Gasteiger partial charge in [-0.05, 0) is 42.9 Å². The summed E-state index contributed by atoms with van der Waals surface area (Å²) in [5.74, 6) is 2.58. The van der Waals surface area contributed by atoms with Crippen LogP contribution in [0.4, 0.5) is 0 Å². The summed E-state index contributed by atoms with van der Waals surface area (Å²) in [4.78, 5) is 1.05. The third kappa shape index (κ3) is 1.31. The van der Waals surface area contributed by atoms with E-state index in [2.05, 4.69) is 13.8 Å². The van der Waals surface area contributed by atoms with Crippen LogP contribution in [-0.2, 0) is 14.2 Å². The highest BCUT2D eigenvalue weighted by molar-refractivity contribution is 7.97. The maximum Gasteiger partial charge on any atom is 0.147 e. The Morgan fingerprint density at radius 1 is 1.33 bits per heavy atom. The van der Waals surface area contributed by atoms with Gasteiger partial charge >= 0.3 is 0 Å². The molecule has 0 aromatic carbocycles. The lowest BCUT2D eigenvalue weighted by molar-refractivity contribution is 0.0948. The molecule has 3 nitrogen and oxygen atoms in total. The zero-order valence-electron chi connectivity index (χ0n) is 9.31. The van der Waals surface area contributed by atoms with Crippen LogP contribution in [0.5, 0.6) is 0 Å². The standard InChI is InChI=1S/C11H19NO2S/c1-6-3-8-4-9(7(6)2)11-10(5-8)14-15(11,12)13/h6-10H,3-5H2,1-2H3,(H2,12,13)/t6?,7-,8?,9?,10+,15?/m1/s1. The van der Waals surface area contributed by atoms with Crippen molar-refractivity contribution in [1.82, 2.24) is 0 Å². The zero-order chi connectivity index (χ0) is 10.8. The van der Waals surface area contributed by atoms with E-state index in [1.165, 1.54) is 12.8 Å². The van der Waals surface area contributed by atoms with Gasteiger partial charge in [-0.2, -0.15) is 0 Å². The first-order chi connectivity index (χ1) is 6.99. The Kier molecular flexibility index (Phi) is 2.02. The highest BCUT2D eigenvalue weighted by atomic mass is 32.2. The Hall–Kier alpha value is -0.0600. The maximum atomic E-state index is 11.9. The van der Waals surface area contributed by atoms with Crippen molar-refractivity contribution >= 4 is 14.9 Å². The van der Waals surface area contributed by atoms with Crippen LogP contribution >= 0.6 is 0 Å². The van der Waals surface area contributed by atoms with Crippen molar-refractivity contribution in [2.45, 2.75) is 39.2 Å². The number of rotatable bonds is 0. The van der Waals surface area contributed by atoms with Gasteiger partial charge in [-0.15, -0.1) is 0 Å². The van der Waals surface area contributed by atoms with Crippen LogP contribution < -0.4 is 5.14 Å². The third-order valence-electron chi connectivity index (χ3n) is 4.64. The van der Waals surface area contributed by atoms with Crippen molar-refractivity contribution in [2.75, 3.05) is 0 Å². The molecule has 4 unspecified atom stereocenters. The molecule has 1 heterocycles. The Labute approximate surface area is 91.7 Å². The normalized spacial score (nSPS) is 58.3. The predicted molar refractivity (Wildman–Crippen MR) is 61.4 cm³/mol. The summed E-state index contributed by atoms with van der Waals surface area (Å²) in [7, 11) is -2.52. The number of hydrogen-bond acceptors (Lipinski definition) is 2. The van der Waals surface area contributed by atoms with Crippen LogP contribution in [0.25, 0.3) is 0 Å². The minimum Gasteiger partial charge on any atom is -0.278 e. The molecular formula is C11H19NO2S. The average Bonchev–Trinajstić information content (AvgIpc) is 2.12. The molecule has 86 valence electrons. The molecule has 2 bridgehead atoms. The predicted octanol–water partition coefficient (Wildman–Crippen LogP) is 1.33. The van der Waals surface area contributed by atoms with Crippen molar-refractivity contribution < 1.29 is 8.39 Å². The molecule has 6 atom stereocenters. The van der Waals surface area contributed by atoms with Crippen LogP contribution in [-0.4, -0.2) is 15.2 Å². The van der Waals surface area contributed by atoms with Crippen LogP contribution in [0.1, 0.15) is 33.1 Å². The van der Waals surface area contributed by atoms with Crippen molar-refractivity contribution in [3.8, 4) is 0 Å². The fourth-order valence-electron chi connectivity index (χ4n) is 3.70. The lowest BCUT2D eigenvalue weighted by Gasteiger charge is -2.50. The molecule has 15 heavy (non-hydrogen) atoms. The highest BCUT2D eigenvalue weighted by Crippen LogP contribution is 2.48. The summed E-state index contributed by atoms with van der Waals surface area (Å²) in [5.41, 5.74) is 0. The van der Waals surface area contributed by atoms with Crippen LogP contribution in [0.15, 0.2) is 0 Å². The van der Waals surface area contributed by atoms with E-state index in [9.17, 15) is 4.21 Å². The Morgan fingerprint density at radius 2 is 2.07 bits per heavy atom. The van der Waals surface area contributed by atoms with E-state index < -0.39 is 9.99 Å². The molecular weight excluding hydrogens is 210 g/mol. The molecule has 0 radical (unpaired) electrons. The third-order valence-corrected chi connectivity index (χ3v) is 6.38. The van der Waals surface area contributed by atoms with E-state index in [4.69, 9.17) is 9.32 Å². The monoisotopic (exact) mass is 229 g/mol. The summed E-state index contributed by atoms with van der Waals surface area (Å²) in [5, 5.41) is 5.69. The van der Waals surface area contributed by atoms with Gasteiger partial charge in [0.1, 0.15) is 16.1 Å². The molecule has 0 aromatic rings. The minimum atomic E-state index is -2.52. The fourth-order valence-corrected chi connectivity index (χ4v) is 5.44. The largest absolute Gasteiger partial charge is 0.278 e. The summed E-state index contributed by atoms with van der Waals surface area (Å²) >= 11 is 0. The first-order valence-electron chi connectivity index (χ1n) is 5.86. The topological polar surface area (TPSA) is 52.3 Å². The molecule has 0 saturated heterocycles. The molecule has 0 amide bonds. The van der Waals surface area contributed by atoms with E-state index in [0.717, 1.165) is 23.1 Å². The van der Waals surface area contributed by atoms with Crippen LogP contribution in [0.2, 0.25) is 0 Å². The van der Waals surface area contributed by atoms with Gasteiger partial charge in [-0.25, -0.2) is 9.35 Å². The average molecular weight is 229 g/mol. The maximum absolute atomic E-state index is 11.9. The first kappa shape index (κ1) is 10.1. The molecule has 2 N–H and O–H groups in total. The number of nitrogens with two attached hydrogens (primary N) is 1. The van der Waals surface area contributed by atoms with E-state index in [-0.39, 0.29) is 6.10 Å². The van der Waals surface area contributed by atoms with Gasteiger partial charge in [-0.3, -0.25) is 4.18 Å².